The summed E-state index contributed by atoms with van der Waals surface area (Å²) in [5.41, 5.74) is 0.807. The molecule has 0 bridgehead atoms. The minimum atomic E-state index is -0.418. The number of anilines is 1. The molecule has 2 N–H and O–H groups in total. The van der Waals surface area contributed by atoms with Gasteiger partial charge in [-0.3, -0.25) is 4.79 Å². The molecule has 1 aromatic carbocycles. The van der Waals surface area contributed by atoms with Crippen molar-refractivity contribution in [2.24, 2.45) is 0 Å². The van der Waals surface area contributed by atoms with E-state index in [0.29, 0.717) is 12.6 Å². The van der Waals surface area contributed by atoms with Crippen LogP contribution in [0, 0.1) is 0 Å². The van der Waals surface area contributed by atoms with E-state index in [1.165, 1.54) is 19.3 Å². The fourth-order valence-electron chi connectivity index (χ4n) is 2.40. The third-order valence-electron chi connectivity index (χ3n) is 3.66. The first-order valence-corrected chi connectivity index (χ1v) is 7.46. The summed E-state index contributed by atoms with van der Waals surface area (Å²) < 4.78 is 5.63. The summed E-state index contributed by atoms with van der Waals surface area (Å²) in [6.45, 7) is 3.53. The lowest BCUT2D eigenvalue weighted by Gasteiger charge is -2.23. The number of ether oxygens (including phenoxy) is 1. The van der Waals surface area contributed by atoms with Crippen LogP contribution in [0.1, 0.15) is 32.6 Å². The summed E-state index contributed by atoms with van der Waals surface area (Å²) in [5.74, 6) is -0.0900. The Hall–Kier alpha value is -1.39. The summed E-state index contributed by atoms with van der Waals surface area (Å²) >= 11 is 0. The van der Waals surface area contributed by atoms with Crippen LogP contribution >= 0.6 is 0 Å². The van der Waals surface area contributed by atoms with E-state index in [9.17, 15) is 4.79 Å². The van der Waals surface area contributed by atoms with E-state index >= 15 is 0 Å². The van der Waals surface area contributed by atoms with Crippen LogP contribution < -0.4 is 10.6 Å². The Balaban J connectivity index is 1.66. The standard InChI is InChI=1S/C16H24N2O2/c1-13(16(19)18-15-8-3-2-4-9-15)20-12-10-14-7-5-6-11-17-14/h2-4,8-9,13-14,17H,5-7,10-12H2,1H3,(H,18,19). The molecular formula is C16H24N2O2. The molecule has 110 valence electrons. The van der Waals surface area contributed by atoms with Gasteiger partial charge in [0.1, 0.15) is 6.10 Å². The van der Waals surface area contributed by atoms with E-state index in [-0.39, 0.29) is 5.91 Å². The Bertz CT molecular complexity index is 402. The molecule has 1 fully saturated rings. The summed E-state index contributed by atoms with van der Waals surface area (Å²) in [7, 11) is 0. The van der Waals surface area contributed by atoms with Crippen LogP contribution in [0.2, 0.25) is 0 Å². The highest BCUT2D eigenvalue weighted by Crippen LogP contribution is 2.11. The smallest absolute Gasteiger partial charge is 0.253 e. The van der Waals surface area contributed by atoms with Gasteiger partial charge in [0.2, 0.25) is 0 Å². The van der Waals surface area contributed by atoms with Crippen molar-refractivity contribution < 1.29 is 9.53 Å². The number of hydrogen-bond acceptors (Lipinski definition) is 3. The van der Waals surface area contributed by atoms with Gasteiger partial charge in [0, 0.05) is 18.3 Å². The van der Waals surface area contributed by atoms with Gasteiger partial charge in [0.15, 0.2) is 0 Å². The molecule has 1 aliphatic rings. The number of amides is 1. The molecular weight excluding hydrogens is 252 g/mol. The second-order valence-electron chi connectivity index (χ2n) is 5.30. The second kappa shape index (κ2) is 8.02. The fraction of sp³-hybridized carbons (Fsp3) is 0.562. The number of nitrogens with one attached hydrogen (secondary N) is 2. The van der Waals surface area contributed by atoms with Crippen molar-refractivity contribution in [3.8, 4) is 0 Å². The number of carbonyl (C=O) groups excluding carboxylic acids is 1. The maximum Gasteiger partial charge on any atom is 0.253 e. The van der Waals surface area contributed by atoms with Crippen LogP contribution in [0.3, 0.4) is 0 Å². The number of hydrogen-bond donors (Lipinski definition) is 2. The highest BCUT2D eigenvalue weighted by Gasteiger charge is 2.16. The number of piperidine rings is 1. The fourth-order valence-corrected chi connectivity index (χ4v) is 2.40. The molecule has 0 aliphatic carbocycles. The van der Waals surface area contributed by atoms with Crippen LogP contribution in [0.5, 0.6) is 0 Å². The number of carbonyl (C=O) groups is 1. The van der Waals surface area contributed by atoms with Crippen molar-refractivity contribution in [1.82, 2.24) is 5.32 Å². The van der Waals surface area contributed by atoms with E-state index in [1.807, 2.05) is 30.3 Å². The van der Waals surface area contributed by atoms with E-state index < -0.39 is 6.10 Å². The quantitative estimate of drug-likeness (QED) is 0.839. The van der Waals surface area contributed by atoms with Crippen molar-refractivity contribution in [1.29, 1.82) is 0 Å². The maximum atomic E-state index is 11.9. The van der Waals surface area contributed by atoms with Crippen LogP contribution in [0.25, 0.3) is 0 Å². The third-order valence-corrected chi connectivity index (χ3v) is 3.66. The molecule has 2 atom stereocenters. The molecule has 0 spiro atoms. The van der Waals surface area contributed by atoms with Gasteiger partial charge in [-0.25, -0.2) is 0 Å². The third kappa shape index (κ3) is 4.94. The molecule has 4 heteroatoms. The van der Waals surface area contributed by atoms with E-state index in [2.05, 4.69) is 10.6 Å². The van der Waals surface area contributed by atoms with Gasteiger partial charge < -0.3 is 15.4 Å². The number of para-hydroxylation sites is 1. The molecule has 20 heavy (non-hydrogen) atoms. The Kier molecular flexibility index (Phi) is 6.02. The lowest BCUT2D eigenvalue weighted by Crippen LogP contribution is -2.36. The van der Waals surface area contributed by atoms with Gasteiger partial charge in [0.05, 0.1) is 0 Å². The van der Waals surface area contributed by atoms with Gasteiger partial charge in [0.25, 0.3) is 5.91 Å². The summed E-state index contributed by atoms with van der Waals surface area (Å²) in [5, 5.41) is 6.33. The average molecular weight is 276 g/mol. The first-order chi connectivity index (χ1) is 9.75. The normalized spacial score (nSPS) is 20.4. The number of rotatable bonds is 6. The van der Waals surface area contributed by atoms with Crippen molar-refractivity contribution in [3.05, 3.63) is 30.3 Å². The lowest BCUT2D eigenvalue weighted by atomic mass is 10.0. The van der Waals surface area contributed by atoms with Crippen LogP contribution in [0.15, 0.2) is 30.3 Å². The molecule has 4 nitrogen and oxygen atoms in total. The minimum absolute atomic E-state index is 0.0900. The Morgan fingerprint density at radius 2 is 2.20 bits per heavy atom. The van der Waals surface area contributed by atoms with E-state index in [1.54, 1.807) is 6.92 Å². The molecule has 2 rings (SSSR count). The molecule has 0 aromatic heterocycles. The molecule has 2 unspecified atom stereocenters. The maximum absolute atomic E-state index is 11.9. The summed E-state index contributed by atoms with van der Waals surface area (Å²) in [4.78, 5) is 11.9. The van der Waals surface area contributed by atoms with E-state index in [4.69, 9.17) is 4.74 Å². The average Bonchev–Trinajstić information content (AvgIpc) is 2.49. The van der Waals surface area contributed by atoms with Crippen molar-refractivity contribution >= 4 is 11.6 Å². The Morgan fingerprint density at radius 3 is 2.90 bits per heavy atom. The molecule has 1 saturated heterocycles. The molecule has 0 radical (unpaired) electrons. The van der Waals surface area contributed by atoms with Crippen LogP contribution in [-0.4, -0.2) is 31.2 Å². The second-order valence-corrected chi connectivity index (χ2v) is 5.30. The van der Waals surface area contributed by atoms with Gasteiger partial charge in [-0.2, -0.15) is 0 Å². The molecule has 1 heterocycles. The van der Waals surface area contributed by atoms with Gasteiger partial charge in [-0.1, -0.05) is 24.6 Å². The largest absolute Gasteiger partial charge is 0.369 e. The van der Waals surface area contributed by atoms with Crippen molar-refractivity contribution in [2.45, 2.75) is 44.8 Å². The Morgan fingerprint density at radius 1 is 1.40 bits per heavy atom. The zero-order valence-electron chi connectivity index (χ0n) is 12.1. The first kappa shape index (κ1) is 15.0. The van der Waals surface area contributed by atoms with Gasteiger partial charge in [-0.15, -0.1) is 0 Å². The van der Waals surface area contributed by atoms with Gasteiger partial charge >= 0.3 is 0 Å². The predicted molar refractivity (Wildman–Crippen MR) is 80.7 cm³/mol. The van der Waals surface area contributed by atoms with Crippen molar-refractivity contribution in [2.75, 3.05) is 18.5 Å². The number of benzene rings is 1. The lowest BCUT2D eigenvalue weighted by molar-refractivity contribution is -0.126. The zero-order valence-corrected chi connectivity index (χ0v) is 12.1. The highest BCUT2D eigenvalue weighted by molar-refractivity contribution is 5.93. The van der Waals surface area contributed by atoms with Crippen LogP contribution in [0.4, 0.5) is 5.69 Å². The van der Waals surface area contributed by atoms with Crippen molar-refractivity contribution in [3.63, 3.8) is 0 Å². The SMILES string of the molecule is CC(OCCC1CCCCN1)C(=O)Nc1ccccc1. The molecule has 1 aliphatic heterocycles. The summed E-state index contributed by atoms with van der Waals surface area (Å²) in [6, 6.07) is 10.0. The molecule has 1 amide bonds. The predicted octanol–water partition coefficient (Wildman–Crippen LogP) is 2.56. The molecule has 0 saturated carbocycles. The van der Waals surface area contributed by atoms with Crippen LogP contribution in [-0.2, 0) is 9.53 Å². The zero-order chi connectivity index (χ0) is 14.2. The first-order valence-electron chi connectivity index (χ1n) is 7.46. The topological polar surface area (TPSA) is 50.4 Å². The highest BCUT2D eigenvalue weighted by atomic mass is 16.5. The molecule has 1 aromatic rings. The van der Waals surface area contributed by atoms with Gasteiger partial charge in [-0.05, 0) is 44.9 Å². The van der Waals surface area contributed by atoms with E-state index in [0.717, 1.165) is 18.7 Å². The monoisotopic (exact) mass is 276 g/mol. The summed E-state index contributed by atoms with van der Waals surface area (Å²) in [6.07, 6.45) is 4.34. The minimum Gasteiger partial charge on any atom is -0.369 e. The Labute approximate surface area is 120 Å².